The van der Waals surface area contributed by atoms with Crippen molar-refractivity contribution in [2.24, 2.45) is 5.41 Å². The van der Waals surface area contributed by atoms with Gasteiger partial charge in [0.1, 0.15) is 5.75 Å². The highest BCUT2D eigenvalue weighted by Crippen LogP contribution is 2.50. The monoisotopic (exact) mass is 269 g/mol. The molecule has 0 radical (unpaired) electrons. The van der Waals surface area contributed by atoms with E-state index < -0.39 is 0 Å². The average molecular weight is 270 g/mol. The summed E-state index contributed by atoms with van der Waals surface area (Å²) < 4.78 is 0. The Balaban J connectivity index is 1.82. The third kappa shape index (κ3) is 2.52. The van der Waals surface area contributed by atoms with Gasteiger partial charge >= 0.3 is 0 Å². The second kappa shape index (κ2) is 4.14. The maximum absolute atomic E-state index is 9.56. The van der Waals surface area contributed by atoms with Gasteiger partial charge in [-0.05, 0) is 17.9 Å². The number of benzene rings is 1. The second-order valence-electron chi connectivity index (χ2n) is 4.56. The molecule has 2 nitrogen and oxygen atoms in total. The van der Waals surface area contributed by atoms with Crippen LogP contribution in [-0.2, 0) is 6.54 Å². The fraction of sp³-hybridized carbons (Fsp3) is 0.500. The number of phenolic OH excluding ortho intramolecular Hbond substituents is 1. The molecule has 1 aromatic carbocycles. The van der Waals surface area contributed by atoms with Gasteiger partial charge in [0.05, 0.1) is 0 Å². The zero-order chi connectivity index (χ0) is 10.9. The minimum Gasteiger partial charge on any atom is -0.508 e. The van der Waals surface area contributed by atoms with Gasteiger partial charge in [0.2, 0.25) is 0 Å². The summed E-state index contributed by atoms with van der Waals surface area (Å²) >= 11 is 3.62. The Morgan fingerprint density at radius 2 is 2.20 bits per heavy atom. The number of aromatic hydroxyl groups is 1. The van der Waals surface area contributed by atoms with Crippen LogP contribution in [-0.4, -0.2) is 16.5 Å². The molecule has 2 N–H and O–H groups in total. The molecule has 0 heterocycles. The largest absolute Gasteiger partial charge is 0.508 e. The van der Waals surface area contributed by atoms with Crippen LogP contribution in [0.2, 0.25) is 0 Å². The number of phenols is 1. The Kier molecular flexibility index (Phi) is 3.03. The van der Waals surface area contributed by atoms with E-state index in [9.17, 15) is 5.11 Å². The Labute approximate surface area is 98.8 Å². The van der Waals surface area contributed by atoms with Crippen molar-refractivity contribution in [2.45, 2.75) is 24.7 Å². The first-order chi connectivity index (χ1) is 7.12. The normalized spacial score (nSPS) is 29.1. The van der Waals surface area contributed by atoms with Gasteiger partial charge in [-0.1, -0.05) is 41.1 Å². The Bertz CT molecular complexity index is 355. The Morgan fingerprint density at radius 3 is 2.80 bits per heavy atom. The number of halogens is 1. The van der Waals surface area contributed by atoms with Gasteiger partial charge in [-0.15, -0.1) is 0 Å². The molecule has 82 valence electrons. The van der Waals surface area contributed by atoms with Crippen LogP contribution >= 0.6 is 15.9 Å². The summed E-state index contributed by atoms with van der Waals surface area (Å²) in [6.07, 6.45) is 1.24. The van der Waals surface area contributed by atoms with Crippen LogP contribution in [0.25, 0.3) is 0 Å². The molecule has 2 unspecified atom stereocenters. The number of nitrogens with one attached hydrogen (secondary N) is 1. The van der Waals surface area contributed by atoms with Crippen molar-refractivity contribution >= 4 is 15.9 Å². The maximum Gasteiger partial charge on any atom is 0.120 e. The number of rotatable bonds is 4. The lowest BCUT2D eigenvalue weighted by Crippen LogP contribution is -2.23. The molecule has 1 aliphatic rings. The van der Waals surface area contributed by atoms with Crippen LogP contribution in [0.15, 0.2) is 24.3 Å². The van der Waals surface area contributed by atoms with Crippen LogP contribution in [0.3, 0.4) is 0 Å². The van der Waals surface area contributed by atoms with Crippen molar-refractivity contribution in [3.63, 3.8) is 0 Å². The lowest BCUT2D eigenvalue weighted by Gasteiger charge is -2.11. The average Bonchev–Trinajstić information content (AvgIpc) is 2.78. The van der Waals surface area contributed by atoms with Crippen molar-refractivity contribution in [1.82, 2.24) is 5.32 Å². The molecule has 2 rings (SSSR count). The predicted octanol–water partition coefficient (Wildman–Crippen LogP) is 2.66. The van der Waals surface area contributed by atoms with Gasteiger partial charge in [0.15, 0.2) is 0 Å². The third-order valence-corrected chi connectivity index (χ3v) is 4.51. The molecule has 0 bridgehead atoms. The Hall–Kier alpha value is -0.540. The zero-order valence-electron chi connectivity index (χ0n) is 8.83. The highest BCUT2D eigenvalue weighted by molar-refractivity contribution is 9.09. The van der Waals surface area contributed by atoms with Gasteiger partial charge < -0.3 is 10.4 Å². The van der Waals surface area contributed by atoms with Crippen LogP contribution < -0.4 is 5.32 Å². The van der Waals surface area contributed by atoms with Crippen LogP contribution in [0.1, 0.15) is 18.9 Å². The highest BCUT2D eigenvalue weighted by atomic mass is 79.9. The molecule has 0 aromatic heterocycles. The van der Waals surface area contributed by atoms with Gasteiger partial charge in [0.25, 0.3) is 0 Å². The van der Waals surface area contributed by atoms with E-state index in [1.165, 1.54) is 6.42 Å². The molecule has 2 atom stereocenters. The highest BCUT2D eigenvalue weighted by Gasteiger charge is 2.47. The Morgan fingerprint density at radius 1 is 1.53 bits per heavy atom. The van der Waals surface area contributed by atoms with Gasteiger partial charge in [-0.25, -0.2) is 0 Å². The minimum absolute atomic E-state index is 0.376. The van der Waals surface area contributed by atoms with Gasteiger partial charge in [-0.2, -0.15) is 0 Å². The first-order valence-corrected chi connectivity index (χ1v) is 6.15. The van der Waals surface area contributed by atoms with Gasteiger partial charge in [-0.3, -0.25) is 0 Å². The fourth-order valence-electron chi connectivity index (χ4n) is 1.68. The summed E-state index contributed by atoms with van der Waals surface area (Å²) in [6.45, 7) is 4.00. The molecular formula is C12H16BrNO. The molecular weight excluding hydrogens is 254 g/mol. The van der Waals surface area contributed by atoms with Crippen LogP contribution in [0.4, 0.5) is 0 Å². The lowest BCUT2D eigenvalue weighted by atomic mass is 10.1. The fourth-order valence-corrected chi connectivity index (χ4v) is 2.58. The third-order valence-electron chi connectivity index (χ3n) is 3.08. The summed E-state index contributed by atoms with van der Waals surface area (Å²) in [5.74, 6) is 0.376. The molecule has 0 amide bonds. The van der Waals surface area contributed by atoms with E-state index in [1.807, 2.05) is 18.2 Å². The molecule has 0 spiro atoms. The van der Waals surface area contributed by atoms with E-state index in [-0.39, 0.29) is 0 Å². The second-order valence-corrected chi connectivity index (χ2v) is 5.66. The lowest BCUT2D eigenvalue weighted by molar-refractivity contribution is 0.456. The minimum atomic E-state index is 0.376. The van der Waals surface area contributed by atoms with Crippen molar-refractivity contribution in [2.75, 3.05) is 6.54 Å². The molecule has 0 aliphatic heterocycles. The van der Waals surface area contributed by atoms with Crippen LogP contribution in [0.5, 0.6) is 5.75 Å². The summed E-state index contributed by atoms with van der Waals surface area (Å²) in [4.78, 5) is 0.655. The predicted molar refractivity (Wildman–Crippen MR) is 65.3 cm³/mol. The van der Waals surface area contributed by atoms with Crippen molar-refractivity contribution in [1.29, 1.82) is 0 Å². The smallest absolute Gasteiger partial charge is 0.120 e. The van der Waals surface area contributed by atoms with E-state index >= 15 is 0 Å². The molecule has 0 saturated heterocycles. The van der Waals surface area contributed by atoms with Gasteiger partial charge in [0, 0.05) is 23.5 Å². The standard InChI is InChI=1S/C12H16BrNO/c1-12(6-11(12)13)8-14-7-9-4-2-3-5-10(9)15/h2-5,11,14-15H,6-8H2,1H3. The van der Waals surface area contributed by atoms with E-state index in [0.717, 1.165) is 18.7 Å². The van der Waals surface area contributed by atoms with E-state index in [4.69, 9.17) is 0 Å². The van der Waals surface area contributed by atoms with Crippen molar-refractivity contribution in [3.8, 4) is 5.75 Å². The number of hydrogen-bond acceptors (Lipinski definition) is 2. The molecule has 1 saturated carbocycles. The maximum atomic E-state index is 9.56. The SMILES string of the molecule is CC1(CNCc2ccccc2O)CC1Br. The summed E-state index contributed by atoms with van der Waals surface area (Å²) in [6, 6.07) is 7.46. The molecule has 1 aromatic rings. The summed E-state index contributed by atoms with van der Waals surface area (Å²) in [5.41, 5.74) is 1.37. The zero-order valence-corrected chi connectivity index (χ0v) is 10.4. The molecule has 15 heavy (non-hydrogen) atoms. The van der Waals surface area contributed by atoms with E-state index in [2.05, 4.69) is 28.2 Å². The number of hydrogen-bond donors (Lipinski definition) is 2. The van der Waals surface area contributed by atoms with Crippen molar-refractivity contribution < 1.29 is 5.11 Å². The van der Waals surface area contributed by atoms with Crippen molar-refractivity contribution in [3.05, 3.63) is 29.8 Å². The summed E-state index contributed by atoms with van der Waals surface area (Å²) in [7, 11) is 0. The molecule has 1 fully saturated rings. The van der Waals surface area contributed by atoms with Crippen LogP contribution in [0, 0.1) is 5.41 Å². The van der Waals surface area contributed by atoms with E-state index in [0.29, 0.717) is 16.0 Å². The van der Waals surface area contributed by atoms with E-state index in [1.54, 1.807) is 6.07 Å². The number of alkyl halides is 1. The molecule has 3 heteroatoms. The number of para-hydroxylation sites is 1. The quantitative estimate of drug-likeness (QED) is 0.824. The first-order valence-electron chi connectivity index (χ1n) is 5.23. The summed E-state index contributed by atoms with van der Waals surface area (Å²) in [5, 5.41) is 12.9. The topological polar surface area (TPSA) is 32.3 Å². The molecule has 1 aliphatic carbocycles. The first kappa shape index (κ1) is 11.0.